The summed E-state index contributed by atoms with van der Waals surface area (Å²) in [6, 6.07) is -0.117. The first-order chi connectivity index (χ1) is 8.08. The first-order valence-corrected chi connectivity index (χ1v) is 6.27. The molecule has 3 N–H and O–H groups in total. The summed E-state index contributed by atoms with van der Waals surface area (Å²) in [4.78, 5) is 12.0. The van der Waals surface area contributed by atoms with Gasteiger partial charge >= 0.3 is 0 Å². The summed E-state index contributed by atoms with van der Waals surface area (Å²) in [7, 11) is 0. The van der Waals surface area contributed by atoms with Gasteiger partial charge in [0.15, 0.2) is 0 Å². The number of nitrogens with one attached hydrogen (secondary N) is 2. The van der Waals surface area contributed by atoms with Crippen LogP contribution >= 0.6 is 0 Å². The summed E-state index contributed by atoms with van der Waals surface area (Å²) in [5.41, 5.74) is 0.00822. The van der Waals surface area contributed by atoms with Gasteiger partial charge in [-0.1, -0.05) is 13.8 Å². The third-order valence-electron chi connectivity index (χ3n) is 3.17. The summed E-state index contributed by atoms with van der Waals surface area (Å²) < 4.78 is 5.09. The van der Waals surface area contributed by atoms with E-state index >= 15 is 0 Å². The molecule has 0 spiro atoms. The molecule has 1 fully saturated rings. The van der Waals surface area contributed by atoms with Crippen molar-refractivity contribution < 1.29 is 14.6 Å². The van der Waals surface area contributed by atoms with Gasteiger partial charge < -0.3 is 20.5 Å². The lowest BCUT2D eigenvalue weighted by Crippen LogP contribution is -2.55. The summed E-state index contributed by atoms with van der Waals surface area (Å²) in [5.74, 6) is 0.0438. The average molecular weight is 244 g/mol. The van der Waals surface area contributed by atoms with E-state index in [9.17, 15) is 4.79 Å². The van der Waals surface area contributed by atoms with Crippen LogP contribution in [0.4, 0.5) is 0 Å². The number of aliphatic hydroxyl groups is 1. The number of hydrogen-bond acceptors (Lipinski definition) is 4. The van der Waals surface area contributed by atoms with Crippen LogP contribution in [-0.2, 0) is 9.53 Å². The molecular formula is C12H24N2O3. The van der Waals surface area contributed by atoms with Crippen molar-refractivity contribution in [1.29, 1.82) is 0 Å². The van der Waals surface area contributed by atoms with Crippen LogP contribution in [0.15, 0.2) is 0 Å². The molecule has 1 aliphatic heterocycles. The van der Waals surface area contributed by atoms with Gasteiger partial charge in [-0.25, -0.2) is 0 Å². The Morgan fingerprint density at radius 3 is 2.94 bits per heavy atom. The predicted molar refractivity (Wildman–Crippen MR) is 65.7 cm³/mol. The van der Waals surface area contributed by atoms with E-state index in [0.717, 1.165) is 19.4 Å². The standard InChI is InChI=1S/C12H24N2O3/c1-12(2)4-3-5-13-10(12)11(16)14-6-8-17-9-7-15/h10,13,15H,3-9H2,1-2H3,(H,14,16). The third-order valence-corrected chi connectivity index (χ3v) is 3.17. The zero-order chi connectivity index (χ0) is 12.7. The topological polar surface area (TPSA) is 70.6 Å². The van der Waals surface area contributed by atoms with Crippen LogP contribution in [0.1, 0.15) is 26.7 Å². The Kier molecular flexibility index (Phi) is 5.88. The van der Waals surface area contributed by atoms with Gasteiger partial charge in [0.05, 0.1) is 25.9 Å². The first kappa shape index (κ1) is 14.4. The Hall–Kier alpha value is -0.650. The minimum absolute atomic E-state index is 0.00822. The molecule has 5 nitrogen and oxygen atoms in total. The fourth-order valence-corrected chi connectivity index (χ4v) is 2.17. The van der Waals surface area contributed by atoms with Crippen LogP contribution in [0, 0.1) is 5.41 Å². The van der Waals surface area contributed by atoms with Gasteiger partial charge in [-0.2, -0.15) is 0 Å². The molecule has 1 aliphatic rings. The zero-order valence-electron chi connectivity index (χ0n) is 10.8. The zero-order valence-corrected chi connectivity index (χ0v) is 10.8. The van der Waals surface area contributed by atoms with E-state index in [1.807, 2.05) is 0 Å². The molecule has 0 radical (unpaired) electrons. The van der Waals surface area contributed by atoms with Gasteiger partial charge in [-0.15, -0.1) is 0 Å². The molecule has 0 aromatic carbocycles. The van der Waals surface area contributed by atoms with Gasteiger partial charge in [0.25, 0.3) is 0 Å². The molecule has 0 saturated carbocycles. The highest BCUT2D eigenvalue weighted by Crippen LogP contribution is 2.29. The van der Waals surface area contributed by atoms with Crippen molar-refractivity contribution in [1.82, 2.24) is 10.6 Å². The third kappa shape index (κ3) is 4.61. The SMILES string of the molecule is CC1(C)CCCNC1C(=O)NCCOCCO. The lowest BCUT2D eigenvalue weighted by molar-refractivity contribution is -0.127. The molecule has 0 aromatic heterocycles. The fraction of sp³-hybridized carbons (Fsp3) is 0.917. The maximum Gasteiger partial charge on any atom is 0.237 e. The van der Waals surface area contributed by atoms with Crippen molar-refractivity contribution >= 4 is 5.91 Å². The Morgan fingerprint density at radius 1 is 1.53 bits per heavy atom. The molecule has 1 unspecified atom stereocenters. The normalized spacial score (nSPS) is 23.4. The van der Waals surface area contributed by atoms with Gasteiger partial charge in [-0.05, 0) is 24.8 Å². The number of carbonyl (C=O) groups is 1. The van der Waals surface area contributed by atoms with Gasteiger partial charge in [0.1, 0.15) is 0 Å². The second kappa shape index (κ2) is 6.93. The lowest BCUT2D eigenvalue weighted by Gasteiger charge is -2.38. The number of aliphatic hydroxyl groups excluding tert-OH is 1. The molecule has 1 rings (SSSR count). The highest BCUT2D eigenvalue weighted by Gasteiger charge is 2.36. The van der Waals surface area contributed by atoms with Crippen LogP contribution in [0.3, 0.4) is 0 Å². The van der Waals surface area contributed by atoms with Gasteiger partial charge in [-0.3, -0.25) is 4.79 Å². The summed E-state index contributed by atoms with van der Waals surface area (Å²) in [6.07, 6.45) is 2.19. The number of piperidine rings is 1. The Morgan fingerprint density at radius 2 is 2.29 bits per heavy atom. The van der Waals surface area contributed by atoms with E-state index < -0.39 is 0 Å². The van der Waals surface area contributed by atoms with Crippen LogP contribution in [0.2, 0.25) is 0 Å². The number of ether oxygens (including phenoxy) is 1. The molecule has 100 valence electrons. The van der Waals surface area contributed by atoms with Crippen LogP contribution in [0.5, 0.6) is 0 Å². The molecule has 0 aliphatic carbocycles. The highest BCUT2D eigenvalue weighted by molar-refractivity contribution is 5.82. The molecular weight excluding hydrogens is 220 g/mol. The van der Waals surface area contributed by atoms with Crippen molar-refractivity contribution in [2.24, 2.45) is 5.41 Å². The minimum atomic E-state index is -0.117. The maximum absolute atomic E-state index is 12.0. The largest absolute Gasteiger partial charge is 0.394 e. The molecule has 0 aromatic rings. The van der Waals surface area contributed by atoms with Crippen LogP contribution in [-0.4, -0.2) is 50.0 Å². The van der Waals surface area contributed by atoms with E-state index in [-0.39, 0.29) is 24.0 Å². The number of amides is 1. The Bertz CT molecular complexity index is 244. The monoisotopic (exact) mass is 244 g/mol. The van der Waals surface area contributed by atoms with Gasteiger partial charge in [0.2, 0.25) is 5.91 Å². The summed E-state index contributed by atoms with van der Waals surface area (Å²) in [5, 5.41) is 14.7. The molecule has 5 heteroatoms. The second-order valence-electron chi connectivity index (χ2n) is 5.11. The van der Waals surface area contributed by atoms with E-state index in [4.69, 9.17) is 9.84 Å². The van der Waals surface area contributed by atoms with E-state index in [1.165, 1.54) is 0 Å². The maximum atomic E-state index is 12.0. The van der Waals surface area contributed by atoms with E-state index in [2.05, 4.69) is 24.5 Å². The smallest absolute Gasteiger partial charge is 0.237 e. The second-order valence-corrected chi connectivity index (χ2v) is 5.11. The van der Waals surface area contributed by atoms with Crippen molar-refractivity contribution in [3.8, 4) is 0 Å². The summed E-state index contributed by atoms with van der Waals surface area (Å²) >= 11 is 0. The summed E-state index contributed by atoms with van der Waals surface area (Å²) in [6.45, 7) is 6.42. The fourth-order valence-electron chi connectivity index (χ4n) is 2.17. The predicted octanol–water partition coefficient (Wildman–Crippen LogP) is -0.110. The quantitative estimate of drug-likeness (QED) is 0.570. The molecule has 0 bridgehead atoms. The molecule has 17 heavy (non-hydrogen) atoms. The van der Waals surface area contributed by atoms with E-state index in [1.54, 1.807) is 0 Å². The number of rotatable bonds is 6. The molecule has 1 atom stereocenters. The molecule has 1 amide bonds. The lowest BCUT2D eigenvalue weighted by atomic mass is 9.77. The minimum Gasteiger partial charge on any atom is -0.394 e. The molecule has 1 saturated heterocycles. The van der Waals surface area contributed by atoms with Crippen molar-refractivity contribution in [3.63, 3.8) is 0 Å². The Labute approximate surface area is 103 Å². The average Bonchev–Trinajstić information content (AvgIpc) is 2.28. The number of hydrogen-bond donors (Lipinski definition) is 3. The van der Waals surface area contributed by atoms with Crippen LogP contribution < -0.4 is 10.6 Å². The van der Waals surface area contributed by atoms with E-state index in [0.29, 0.717) is 19.8 Å². The molecule has 1 heterocycles. The van der Waals surface area contributed by atoms with Crippen LogP contribution in [0.25, 0.3) is 0 Å². The van der Waals surface area contributed by atoms with Gasteiger partial charge in [0, 0.05) is 6.54 Å². The van der Waals surface area contributed by atoms with Crippen molar-refractivity contribution in [2.75, 3.05) is 32.9 Å². The first-order valence-electron chi connectivity index (χ1n) is 6.27. The van der Waals surface area contributed by atoms with Crippen molar-refractivity contribution in [3.05, 3.63) is 0 Å². The number of carbonyl (C=O) groups excluding carboxylic acids is 1. The van der Waals surface area contributed by atoms with Crippen molar-refractivity contribution in [2.45, 2.75) is 32.7 Å². The Balaban J connectivity index is 2.26. The highest BCUT2D eigenvalue weighted by atomic mass is 16.5.